The van der Waals surface area contributed by atoms with E-state index in [0.717, 1.165) is 0 Å². The van der Waals surface area contributed by atoms with E-state index in [-0.39, 0.29) is 5.56 Å². The van der Waals surface area contributed by atoms with Gasteiger partial charge in [-0.1, -0.05) is 17.0 Å². The van der Waals surface area contributed by atoms with Crippen LogP contribution in [0.1, 0.15) is 10.4 Å². The molecular formula is C7H5ClN2O3. The van der Waals surface area contributed by atoms with Crippen LogP contribution in [-0.2, 0) is 0 Å². The number of nitrogens with one attached hydrogen (secondary N) is 1. The molecule has 0 heterocycles. The van der Waals surface area contributed by atoms with Crippen molar-refractivity contribution in [2.45, 2.75) is 0 Å². The van der Waals surface area contributed by atoms with E-state index in [2.05, 4.69) is 0 Å². The van der Waals surface area contributed by atoms with Gasteiger partial charge in [0.25, 0.3) is 0 Å². The number of hydrazine groups is 1. The third-order valence-corrected chi connectivity index (χ3v) is 1.55. The Morgan fingerprint density at radius 2 is 1.92 bits per heavy atom. The molecule has 0 atom stereocenters. The van der Waals surface area contributed by atoms with Crippen molar-refractivity contribution in [3.63, 3.8) is 0 Å². The van der Waals surface area contributed by atoms with Crippen molar-refractivity contribution in [2.75, 3.05) is 0 Å². The molecule has 1 aromatic rings. The number of amides is 1. The molecule has 5 nitrogen and oxygen atoms in total. The fourth-order valence-corrected chi connectivity index (χ4v) is 0.875. The molecule has 0 bridgehead atoms. The molecule has 0 aliphatic heterocycles. The van der Waals surface area contributed by atoms with E-state index in [1.54, 1.807) is 0 Å². The van der Waals surface area contributed by atoms with Gasteiger partial charge in [-0.2, -0.15) is 0 Å². The van der Waals surface area contributed by atoms with Crippen LogP contribution >= 0.6 is 11.6 Å². The quantitative estimate of drug-likeness (QED) is 0.577. The van der Waals surface area contributed by atoms with Crippen LogP contribution in [0.4, 0.5) is 0 Å². The van der Waals surface area contributed by atoms with Crippen LogP contribution in [0.3, 0.4) is 0 Å². The second kappa shape index (κ2) is 3.86. The van der Waals surface area contributed by atoms with Gasteiger partial charge in [-0.25, -0.2) is 10.1 Å². The lowest BCUT2D eigenvalue weighted by Crippen LogP contribution is -2.29. The minimum absolute atomic E-state index is 0.195. The second-order valence-electron chi connectivity index (χ2n) is 2.20. The molecule has 6 heteroatoms. The number of hydrogen-bond acceptors (Lipinski definition) is 3. The largest absolute Gasteiger partial charge is 0.310 e. The Bertz CT molecular complexity index is 336. The highest BCUT2D eigenvalue weighted by molar-refractivity contribution is 6.30. The Hall–Kier alpha value is -1.62. The van der Waals surface area contributed by atoms with Gasteiger partial charge in [0.05, 0.1) is 0 Å². The van der Waals surface area contributed by atoms with Crippen LogP contribution in [0.5, 0.6) is 0 Å². The van der Waals surface area contributed by atoms with Crippen LogP contribution in [0, 0.1) is 10.1 Å². The standard InChI is InChI=1S/C7H5ClN2O3/c8-6-3-1-5(2-4-6)7(11)9-10(12)13/h1-4H,(H,9,11). The molecular weight excluding hydrogens is 196 g/mol. The Kier molecular flexibility index (Phi) is 2.81. The summed E-state index contributed by atoms with van der Waals surface area (Å²) in [6.07, 6.45) is 0. The second-order valence-corrected chi connectivity index (χ2v) is 2.64. The molecule has 0 unspecified atom stereocenters. The van der Waals surface area contributed by atoms with E-state index < -0.39 is 10.9 Å². The molecule has 0 saturated heterocycles. The lowest BCUT2D eigenvalue weighted by Gasteiger charge is -1.96. The summed E-state index contributed by atoms with van der Waals surface area (Å²) in [5.74, 6) is -0.762. The molecule has 0 aliphatic rings. The van der Waals surface area contributed by atoms with Crippen LogP contribution in [0.15, 0.2) is 24.3 Å². The van der Waals surface area contributed by atoms with Gasteiger partial charge >= 0.3 is 5.91 Å². The van der Waals surface area contributed by atoms with Gasteiger partial charge in [0.1, 0.15) is 0 Å². The summed E-state index contributed by atoms with van der Waals surface area (Å²) in [5, 5.41) is 9.46. The zero-order valence-electron chi connectivity index (χ0n) is 6.36. The molecule has 0 fully saturated rings. The highest BCUT2D eigenvalue weighted by Gasteiger charge is 2.09. The first-order valence-corrected chi connectivity index (χ1v) is 3.68. The zero-order chi connectivity index (χ0) is 9.84. The molecule has 0 aliphatic carbocycles. The number of benzene rings is 1. The number of nitro groups is 1. The maximum absolute atomic E-state index is 11.0. The van der Waals surface area contributed by atoms with E-state index in [1.807, 2.05) is 0 Å². The first kappa shape index (κ1) is 9.47. The van der Waals surface area contributed by atoms with Crippen molar-refractivity contribution in [3.8, 4) is 0 Å². The first-order valence-electron chi connectivity index (χ1n) is 3.30. The Labute approximate surface area is 78.4 Å². The number of halogens is 1. The van der Waals surface area contributed by atoms with Crippen LogP contribution in [-0.4, -0.2) is 10.9 Å². The Morgan fingerprint density at radius 1 is 1.38 bits per heavy atom. The van der Waals surface area contributed by atoms with Gasteiger partial charge in [0.15, 0.2) is 5.03 Å². The minimum atomic E-state index is -0.906. The monoisotopic (exact) mass is 200 g/mol. The third-order valence-electron chi connectivity index (χ3n) is 1.30. The predicted octanol–water partition coefficient (Wildman–Crippen LogP) is 1.26. The molecule has 1 aromatic carbocycles. The van der Waals surface area contributed by atoms with Crippen molar-refractivity contribution in [3.05, 3.63) is 45.0 Å². The summed E-state index contributed by atoms with van der Waals surface area (Å²) in [7, 11) is 0. The summed E-state index contributed by atoms with van der Waals surface area (Å²) >= 11 is 5.56. The van der Waals surface area contributed by atoms with Gasteiger partial charge in [0, 0.05) is 10.6 Å². The van der Waals surface area contributed by atoms with Gasteiger partial charge in [-0.3, -0.25) is 4.79 Å². The number of nitrogens with zero attached hydrogens (tertiary/aromatic N) is 1. The average molecular weight is 201 g/mol. The van der Waals surface area contributed by atoms with Gasteiger partial charge in [-0.05, 0) is 24.3 Å². The van der Waals surface area contributed by atoms with Crippen molar-refractivity contribution < 1.29 is 9.83 Å². The fourth-order valence-electron chi connectivity index (χ4n) is 0.749. The maximum atomic E-state index is 11.0. The van der Waals surface area contributed by atoms with Crippen LogP contribution in [0.25, 0.3) is 0 Å². The van der Waals surface area contributed by atoms with Crippen molar-refractivity contribution in [1.29, 1.82) is 0 Å². The number of carbonyl (C=O) groups excluding carboxylic acids is 1. The third kappa shape index (κ3) is 2.72. The smallest absolute Gasteiger partial charge is 0.263 e. The number of hydrogen-bond donors (Lipinski definition) is 1. The molecule has 68 valence electrons. The first-order chi connectivity index (χ1) is 6.09. The van der Waals surface area contributed by atoms with E-state index in [1.165, 1.54) is 29.7 Å². The number of rotatable bonds is 2. The van der Waals surface area contributed by atoms with Gasteiger partial charge < -0.3 is 0 Å². The molecule has 13 heavy (non-hydrogen) atoms. The van der Waals surface area contributed by atoms with Gasteiger partial charge in [-0.15, -0.1) is 0 Å². The lowest BCUT2D eigenvalue weighted by atomic mass is 10.2. The summed E-state index contributed by atoms with van der Waals surface area (Å²) in [4.78, 5) is 20.9. The molecule has 1 rings (SSSR count). The fraction of sp³-hybridized carbons (Fsp3) is 0. The summed E-state index contributed by atoms with van der Waals surface area (Å²) < 4.78 is 0. The molecule has 1 amide bonds. The van der Waals surface area contributed by atoms with E-state index >= 15 is 0 Å². The molecule has 0 spiro atoms. The summed E-state index contributed by atoms with van der Waals surface area (Å²) in [6.45, 7) is 0. The normalized spacial score (nSPS) is 9.31. The van der Waals surface area contributed by atoms with Crippen LogP contribution < -0.4 is 5.43 Å². The SMILES string of the molecule is O=C(N[N+](=O)[O-])c1ccc(Cl)cc1. The lowest BCUT2D eigenvalue weighted by molar-refractivity contribution is -0.527. The number of carbonyl (C=O) groups is 1. The molecule has 0 saturated carbocycles. The highest BCUT2D eigenvalue weighted by atomic mass is 35.5. The summed E-state index contributed by atoms with van der Waals surface area (Å²) in [6, 6.07) is 5.77. The molecule has 0 radical (unpaired) electrons. The van der Waals surface area contributed by atoms with Crippen LogP contribution in [0.2, 0.25) is 5.02 Å². The zero-order valence-corrected chi connectivity index (χ0v) is 7.12. The average Bonchev–Trinajstić information content (AvgIpc) is 2.04. The summed E-state index contributed by atoms with van der Waals surface area (Å²) in [5.41, 5.74) is 1.71. The Balaban J connectivity index is 2.78. The van der Waals surface area contributed by atoms with Gasteiger partial charge in [0.2, 0.25) is 0 Å². The molecule has 1 N–H and O–H groups in total. The minimum Gasteiger partial charge on any atom is -0.263 e. The maximum Gasteiger partial charge on any atom is 0.310 e. The van der Waals surface area contributed by atoms with E-state index in [9.17, 15) is 14.9 Å². The van der Waals surface area contributed by atoms with Crippen molar-refractivity contribution >= 4 is 17.5 Å². The Morgan fingerprint density at radius 3 is 2.38 bits per heavy atom. The van der Waals surface area contributed by atoms with Crippen molar-refractivity contribution in [2.24, 2.45) is 0 Å². The molecule has 0 aromatic heterocycles. The van der Waals surface area contributed by atoms with E-state index in [4.69, 9.17) is 11.6 Å². The van der Waals surface area contributed by atoms with Crippen molar-refractivity contribution in [1.82, 2.24) is 5.43 Å². The topological polar surface area (TPSA) is 72.2 Å². The predicted molar refractivity (Wildman–Crippen MR) is 45.9 cm³/mol. The highest BCUT2D eigenvalue weighted by Crippen LogP contribution is 2.08. The van der Waals surface area contributed by atoms with E-state index in [0.29, 0.717) is 5.02 Å².